The largest absolute Gasteiger partial charge is 0.285 e. The molecule has 0 atom stereocenters. The van der Waals surface area contributed by atoms with Gasteiger partial charge in [-0.1, -0.05) is 12.1 Å². The van der Waals surface area contributed by atoms with E-state index in [4.69, 9.17) is 0 Å². The summed E-state index contributed by atoms with van der Waals surface area (Å²) in [4.78, 5) is 4.23. The topological polar surface area (TPSA) is 31.4 Å². The van der Waals surface area contributed by atoms with Crippen LogP contribution >= 0.6 is 11.8 Å². The second-order valence-corrected chi connectivity index (χ2v) is 4.08. The highest BCUT2D eigenvalue weighted by Crippen LogP contribution is 2.17. The Morgan fingerprint density at radius 2 is 2.56 bits per heavy atom. The smallest absolute Gasteiger partial charge is 0.141 e. The van der Waals surface area contributed by atoms with E-state index in [9.17, 15) is 0 Å². The predicted molar refractivity (Wildman–Crippen MR) is 68.2 cm³/mol. The van der Waals surface area contributed by atoms with Crippen molar-refractivity contribution in [3.05, 3.63) is 48.7 Å². The second kappa shape index (κ2) is 5.58. The fourth-order valence-corrected chi connectivity index (χ4v) is 2.01. The summed E-state index contributed by atoms with van der Waals surface area (Å²) in [7, 11) is 0. The molecule has 0 amide bonds. The van der Waals surface area contributed by atoms with Gasteiger partial charge in [0.05, 0.1) is 12.4 Å². The average Bonchev–Trinajstić information content (AvgIpc) is 2.83. The van der Waals surface area contributed by atoms with Crippen molar-refractivity contribution < 1.29 is 0 Å². The number of hydrazine groups is 2. The lowest BCUT2D eigenvalue weighted by Crippen LogP contribution is -2.42. The van der Waals surface area contributed by atoms with Crippen molar-refractivity contribution in [1.29, 1.82) is 0 Å². The molecule has 16 heavy (non-hydrogen) atoms. The molecule has 0 spiro atoms. The number of aromatic nitrogens is 1. The van der Waals surface area contributed by atoms with Crippen molar-refractivity contribution in [1.82, 2.24) is 15.1 Å². The zero-order chi connectivity index (χ0) is 11.2. The minimum atomic E-state index is 0.724. The van der Waals surface area contributed by atoms with Crippen LogP contribution in [0, 0.1) is 0 Å². The number of nitrogens with one attached hydrogen (secondary N) is 1. The van der Waals surface area contributed by atoms with Crippen molar-refractivity contribution in [2.45, 2.75) is 0 Å². The molecule has 0 fully saturated rings. The molecule has 4 nitrogen and oxygen atoms in total. The van der Waals surface area contributed by atoms with E-state index in [0.29, 0.717) is 0 Å². The van der Waals surface area contributed by atoms with Gasteiger partial charge in [0.15, 0.2) is 0 Å². The van der Waals surface area contributed by atoms with Crippen LogP contribution in [-0.4, -0.2) is 27.5 Å². The molecule has 1 aromatic rings. The minimum absolute atomic E-state index is 0.724. The van der Waals surface area contributed by atoms with Crippen LogP contribution in [0.2, 0.25) is 0 Å². The van der Waals surface area contributed by atoms with Crippen LogP contribution in [0.25, 0.3) is 0 Å². The van der Waals surface area contributed by atoms with E-state index < -0.39 is 0 Å². The SMILES string of the molecule is C=CCN(Nc1ccccn1)N1C=CSC1. The van der Waals surface area contributed by atoms with E-state index in [0.717, 1.165) is 18.2 Å². The minimum Gasteiger partial charge on any atom is -0.285 e. The molecule has 1 aliphatic rings. The summed E-state index contributed by atoms with van der Waals surface area (Å²) in [6.07, 6.45) is 5.65. The second-order valence-electron chi connectivity index (χ2n) is 3.22. The van der Waals surface area contributed by atoms with E-state index in [1.54, 1.807) is 18.0 Å². The van der Waals surface area contributed by atoms with Gasteiger partial charge in [-0.3, -0.25) is 10.4 Å². The molecule has 84 valence electrons. The van der Waals surface area contributed by atoms with Gasteiger partial charge in [0, 0.05) is 12.4 Å². The summed E-state index contributed by atoms with van der Waals surface area (Å²) < 4.78 is 0. The molecule has 0 aromatic carbocycles. The van der Waals surface area contributed by atoms with Gasteiger partial charge in [0.2, 0.25) is 0 Å². The molecular weight excluding hydrogens is 220 g/mol. The molecule has 0 unspecified atom stereocenters. The van der Waals surface area contributed by atoms with Gasteiger partial charge < -0.3 is 0 Å². The van der Waals surface area contributed by atoms with Gasteiger partial charge in [-0.15, -0.1) is 23.5 Å². The van der Waals surface area contributed by atoms with Gasteiger partial charge in [-0.05, 0) is 17.5 Å². The van der Waals surface area contributed by atoms with Gasteiger partial charge in [0.25, 0.3) is 0 Å². The number of thioether (sulfide) groups is 1. The summed E-state index contributed by atoms with van der Waals surface area (Å²) >= 11 is 1.76. The summed E-state index contributed by atoms with van der Waals surface area (Å²) in [5.41, 5.74) is 3.23. The first-order valence-corrected chi connectivity index (χ1v) is 6.06. The number of rotatable bonds is 5. The third-order valence-corrected chi connectivity index (χ3v) is 2.78. The predicted octanol–water partition coefficient (Wildman–Crippen LogP) is 2.29. The monoisotopic (exact) mass is 234 g/mol. The molecule has 0 saturated carbocycles. The first-order valence-electron chi connectivity index (χ1n) is 5.01. The number of hydrogen-bond donors (Lipinski definition) is 1. The Hall–Kier alpha value is -1.46. The zero-order valence-corrected chi connectivity index (χ0v) is 9.73. The highest BCUT2D eigenvalue weighted by Gasteiger charge is 2.13. The Bertz CT molecular complexity index is 366. The van der Waals surface area contributed by atoms with Crippen molar-refractivity contribution in [2.24, 2.45) is 0 Å². The third kappa shape index (κ3) is 2.77. The van der Waals surface area contributed by atoms with Crippen LogP contribution in [0.1, 0.15) is 0 Å². The number of hydrogen-bond acceptors (Lipinski definition) is 5. The quantitative estimate of drug-likeness (QED) is 0.624. The standard InChI is InChI=1S/C11H14N4S/c1-2-7-15(14-8-9-16-10-14)13-11-5-3-4-6-12-11/h2-6,8-9H,1,7,10H2,(H,12,13). The van der Waals surface area contributed by atoms with Crippen molar-refractivity contribution in [3.63, 3.8) is 0 Å². The lowest BCUT2D eigenvalue weighted by atomic mass is 10.5. The first kappa shape index (κ1) is 11.0. The lowest BCUT2D eigenvalue weighted by Gasteiger charge is -2.30. The van der Waals surface area contributed by atoms with Crippen molar-refractivity contribution in [2.75, 3.05) is 17.8 Å². The number of nitrogens with zero attached hydrogens (tertiary/aromatic N) is 3. The molecule has 1 aliphatic heterocycles. The zero-order valence-electron chi connectivity index (χ0n) is 8.91. The highest BCUT2D eigenvalue weighted by atomic mass is 32.2. The van der Waals surface area contributed by atoms with Gasteiger partial charge >= 0.3 is 0 Å². The Kier molecular flexibility index (Phi) is 3.85. The van der Waals surface area contributed by atoms with Gasteiger partial charge in [-0.2, -0.15) is 0 Å². The Balaban J connectivity index is 2.02. The van der Waals surface area contributed by atoms with E-state index in [-0.39, 0.29) is 0 Å². The highest BCUT2D eigenvalue weighted by molar-refractivity contribution is 8.02. The fourth-order valence-electron chi connectivity index (χ4n) is 1.32. The van der Waals surface area contributed by atoms with E-state index in [2.05, 4.69) is 27.4 Å². The first-order chi connectivity index (χ1) is 7.90. The van der Waals surface area contributed by atoms with Crippen LogP contribution in [0.4, 0.5) is 5.82 Å². The molecular formula is C11H14N4S. The summed E-state index contributed by atoms with van der Waals surface area (Å²) in [6.45, 7) is 4.48. The summed E-state index contributed by atoms with van der Waals surface area (Å²) in [5.74, 6) is 1.74. The molecule has 0 radical (unpaired) electrons. The summed E-state index contributed by atoms with van der Waals surface area (Å²) in [6, 6.07) is 5.79. The van der Waals surface area contributed by atoms with Crippen LogP contribution in [0.3, 0.4) is 0 Å². The van der Waals surface area contributed by atoms with Crippen LogP contribution in [-0.2, 0) is 0 Å². The molecule has 5 heteroatoms. The molecule has 1 N–H and O–H groups in total. The number of pyridine rings is 1. The lowest BCUT2D eigenvalue weighted by molar-refractivity contribution is 0.0886. The Morgan fingerprint density at radius 1 is 1.62 bits per heavy atom. The Labute approximate surface area is 99.6 Å². The fraction of sp³-hybridized carbons (Fsp3) is 0.182. The maximum atomic E-state index is 4.23. The normalized spacial score (nSPS) is 14.4. The van der Waals surface area contributed by atoms with Crippen LogP contribution < -0.4 is 5.43 Å². The summed E-state index contributed by atoms with van der Waals surface area (Å²) in [5, 5.41) is 6.13. The number of anilines is 1. The average molecular weight is 234 g/mol. The molecule has 2 rings (SSSR count). The molecule has 0 aliphatic carbocycles. The maximum absolute atomic E-state index is 4.23. The van der Waals surface area contributed by atoms with Gasteiger partial charge in [-0.25, -0.2) is 4.98 Å². The Morgan fingerprint density at radius 3 is 3.19 bits per heavy atom. The third-order valence-electron chi connectivity index (χ3n) is 2.06. The van der Waals surface area contributed by atoms with Crippen molar-refractivity contribution in [3.8, 4) is 0 Å². The van der Waals surface area contributed by atoms with Crippen LogP contribution in [0.5, 0.6) is 0 Å². The molecule has 1 aromatic heterocycles. The van der Waals surface area contributed by atoms with Crippen LogP contribution in [0.15, 0.2) is 48.7 Å². The van der Waals surface area contributed by atoms with Crippen molar-refractivity contribution >= 4 is 17.6 Å². The molecule has 0 bridgehead atoms. The molecule has 0 saturated heterocycles. The maximum Gasteiger partial charge on any atom is 0.141 e. The van der Waals surface area contributed by atoms with Gasteiger partial charge in [0.1, 0.15) is 5.82 Å². The van der Waals surface area contributed by atoms with E-state index in [1.807, 2.05) is 35.6 Å². The molecule has 2 heterocycles. The van der Waals surface area contributed by atoms with E-state index in [1.165, 1.54) is 0 Å². The van der Waals surface area contributed by atoms with E-state index >= 15 is 0 Å².